The van der Waals surface area contributed by atoms with Crippen LogP contribution in [-0.2, 0) is 15.9 Å². The molecule has 5 heteroatoms. The molecular formula is C16H24ClNO2S. The average Bonchev–Trinajstić information content (AvgIpc) is 2.43. The first kappa shape index (κ1) is 16.8. The van der Waals surface area contributed by atoms with Crippen molar-refractivity contribution in [2.75, 3.05) is 6.54 Å². The Balaban J connectivity index is 2.51. The van der Waals surface area contributed by atoms with Gasteiger partial charge in [-0.05, 0) is 62.3 Å². The SMILES string of the molecule is Cc1cc(CCl)cc(S(=O)(=O)N2CC(C)CCC2C)c1C. The van der Waals surface area contributed by atoms with Gasteiger partial charge in [0.05, 0.1) is 4.90 Å². The van der Waals surface area contributed by atoms with Crippen molar-refractivity contribution in [1.82, 2.24) is 4.31 Å². The molecule has 0 amide bonds. The van der Waals surface area contributed by atoms with Crippen molar-refractivity contribution in [1.29, 1.82) is 0 Å². The minimum atomic E-state index is -3.46. The van der Waals surface area contributed by atoms with Crippen LogP contribution in [0.25, 0.3) is 0 Å². The van der Waals surface area contributed by atoms with E-state index in [0.717, 1.165) is 29.5 Å². The minimum absolute atomic E-state index is 0.0607. The lowest BCUT2D eigenvalue weighted by Gasteiger charge is -2.36. The standard InChI is InChI=1S/C16H24ClNO2S/c1-11-5-6-13(3)18(10-11)21(19,20)16-8-15(9-17)7-12(2)14(16)4/h7-8,11,13H,5-6,9-10H2,1-4H3. The Kier molecular flexibility index (Phi) is 5.01. The van der Waals surface area contributed by atoms with Crippen LogP contribution in [-0.4, -0.2) is 25.3 Å². The second-order valence-electron chi connectivity index (χ2n) is 6.28. The molecule has 1 aromatic rings. The third kappa shape index (κ3) is 3.27. The first-order valence-corrected chi connectivity index (χ1v) is 9.42. The van der Waals surface area contributed by atoms with Gasteiger partial charge in [-0.3, -0.25) is 0 Å². The summed E-state index contributed by atoms with van der Waals surface area (Å²) in [7, 11) is -3.46. The monoisotopic (exact) mass is 329 g/mol. The molecule has 118 valence electrons. The highest BCUT2D eigenvalue weighted by atomic mass is 35.5. The normalized spacial score (nSPS) is 24.2. The van der Waals surface area contributed by atoms with E-state index in [1.807, 2.05) is 26.8 Å². The van der Waals surface area contributed by atoms with Crippen LogP contribution in [0.15, 0.2) is 17.0 Å². The molecule has 1 aliphatic heterocycles. The van der Waals surface area contributed by atoms with Crippen LogP contribution in [0.5, 0.6) is 0 Å². The summed E-state index contributed by atoms with van der Waals surface area (Å²) in [6, 6.07) is 3.76. The summed E-state index contributed by atoms with van der Waals surface area (Å²) < 4.78 is 27.8. The second-order valence-corrected chi connectivity index (χ2v) is 8.40. The number of sulfonamides is 1. The highest BCUT2D eigenvalue weighted by Gasteiger charge is 2.34. The van der Waals surface area contributed by atoms with Gasteiger partial charge < -0.3 is 0 Å². The smallest absolute Gasteiger partial charge is 0.207 e. The Hall–Kier alpha value is -0.580. The van der Waals surface area contributed by atoms with Crippen molar-refractivity contribution in [3.63, 3.8) is 0 Å². The van der Waals surface area contributed by atoms with Crippen LogP contribution in [0.3, 0.4) is 0 Å². The summed E-state index contributed by atoms with van der Waals surface area (Å²) in [5.41, 5.74) is 2.66. The molecule has 0 N–H and O–H groups in total. The summed E-state index contributed by atoms with van der Waals surface area (Å²) in [5, 5.41) is 0. The topological polar surface area (TPSA) is 37.4 Å². The maximum absolute atomic E-state index is 13.1. The van der Waals surface area contributed by atoms with Crippen molar-refractivity contribution >= 4 is 21.6 Å². The molecule has 1 aliphatic rings. The van der Waals surface area contributed by atoms with Gasteiger partial charge in [0.15, 0.2) is 0 Å². The summed E-state index contributed by atoms with van der Waals surface area (Å²) >= 11 is 5.90. The summed E-state index contributed by atoms with van der Waals surface area (Å²) in [4.78, 5) is 0.416. The van der Waals surface area contributed by atoms with Crippen molar-refractivity contribution in [3.8, 4) is 0 Å². The van der Waals surface area contributed by atoms with Gasteiger partial charge in [0.2, 0.25) is 10.0 Å². The number of nitrogens with zero attached hydrogens (tertiary/aromatic N) is 1. The molecule has 0 aliphatic carbocycles. The Labute approximate surface area is 133 Å². The molecule has 1 aromatic carbocycles. The third-order valence-electron chi connectivity index (χ3n) is 4.48. The lowest BCUT2D eigenvalue weighted by atomic mass is 9.97. The largest absolute Gasteiger partial charge is 0.243 e. The van der Waals surface area contributed by atoms with Gasteiger partial charge >= 0.3 is 0 Å². The average molecular weight is 330 g/mol. The number of alkyl halides is 1. The molecule has 2 unspecified atom stereocenters. The number of aryl methyl sites for hydroxylation is 1. The summed E-state index contributed by atoms with van der Waals surface area (Å²) in [5.74, 6) is 0.740. The van der Waals surface area contributed by atoms with Crippen molar-refractivity contribution in [2.45, 2.75) is 57.4 Å². The van der Waals surface area contributed by atoms with E-state index in [4.69, 9.17) is 11.6 Å². The molecule has 0 aromatic heterocycles. The Morgan fingerprint density at radius 2 is 1.90 bits per heavy atom. The van der Waals surface area contributed by atoms with Crippen molar-refractivity contribution < 1.29 is 8.42 Å². The number of piperidine rings is 1. The second kappa shape index (κ2) is 6.27. The maximum atomic E-state index is 13.1. The van der Waals surface area contributed by atoms with E-state index in [0.29, 0.717) is 23.2 Å². The zero-order chi connectivity index (χ0) is 15.8. The van der Waals surface area contributed by atoms with Crippen LogP contribution >= 0.6 is 11.6 Å². The van der Waals surface area contributed by atoms with E-state index in [2.05, 4.69) is 6.92 Å². The minimum Gasteiger partial charge on any atom is -0.207 e. The van der Waals surface area contributed by atoms with Crippen LogP contribution < -0.4 is 0 Å². The quantitative estimate of drug-likeness (QED) is 0.790. The van der Waals surface area contributed by atoms with Crippen LogP contribution in [0, 0.1) is 19.8 Å². The zero-order valence-corrected chi connectivity index (χ0v) is 14.8. The molecule has 2 atom stereocenters. The van der Waals surface area contributed by atoms with E-state index in [-0.39, 0.29) is 6.04 Å². The fourth-order valence-electron chi connectivity index (χ4n) is 2.95. The maximum Gasteiger partial charge on any atom is 0.243 e. The Morgan fingerprint density at radius 3 is 2.52 bits per heavy atom. The number of rotatable bonds is 3. The van der Waals surface area contributed by atoms with Gasteiger partial charge in [-0.15, -0.1) is 11.6 Å². The molecular weight excluding hydrogens is 306 g/mol. The first-order valence-electron chi connectivity index (χ1n) is 7.45. The van der Waals surface area contributed by atoms with Gasteiger partial charge in [-0.25, -0.2) is 8.42 Å². The summed E-state index contributed by atoms with van der Waals surface area (Å²) in [6.07, 6.45) is 2.01. The lowest BCUT2D eigenvalue weighted by Crippen LogP contribution is -2.45. The number of halogens is 1. The molecule has 0 spiro atoms. The highest BCUT2D eigenvalue weighted by Crippen LogP contribution is 2.31. The molecule has 3 nitrogen and oxygen atoms in total. The van der Waals surface area contributed by atoms with Gasteiger partial charge in [-0.2, -0.15) is 4.31 Å². The predicted molar refractivity (Wildman–Crippen MR) is 87.2 cm³/mol. The molecule has 0 saturated carbocycles. The molecule has 1 saturated heterocycles. The van der Waals surface area contributed by atoms with E-state index in [1.54, 1.807) is 10.4 Å². The van der Waals surface area contributed by atoms with E-state index < -0.39 is 10.0 Å². The Morgan fingerprint density at radius 1 is 1.24 bits per heavy atom. The van der Waals surface area contributed by atoms with Gasteiger partial charge in [0.1, 0.15) is 0 Å². The number of benzene rings is 1. The van der Waals surface area contributed by atoms with Crippen LogP contribution in [0.4, 0.5) is 0 Å². The molecule has 1 heterocycles. The van der Waals surface area contributed by atoms with Crippen LogP contribution in [0.2, 0.25) is 0 Å². The zero-order valence-electron chi connectivity index (χ0n) is 13.2. The van der Waals surface area contributed by atoms with Gasteiger partial charge in [0.25, 0.3) is 0 Å². The lowest BCUT2D eigenvalue weighted by molar-refractivity contribution is 0.218. The van der Waals surface area contributed by atoms with E-state index >= 15 is 0 Å². The van der Waals surface area contributed by atoms with Crippen molar-refractivity contribution in [2.24, 2.45) is 5.92 Å². The summed E-state index contributed by atoms with van der Waals surface area (Å²) in [6.45, 7) is 8.52. The van der Waals surface area contributed by atoms with Crippen LogP contribution in [0.1, 0.15) is 43.4 Å². The fourth-order valence-corrected chi connectivity index (χ4v) is 5.24. The van der Waals surface area contributed by atoms with E-state index in [9.17, 15) is 8.42 Å². The molecule has 1 fully saturated rings. The molecule has 21 heavy (non-hydrogen) atoms. The predicted octanol–water partition coefficient (Wildman–Crippen LogP) is 3.85. The molecule has 2 rings (SSSR count). The number of hydrogen-bond donors (Lipinski definition) is 0. The highest BCUT2D eigenvalue weighted by molar-refractivity contribution is 7.89. The van der Waals surface area contributed by atoms with Gasteiger partial charge in [0, 0.05) is 18.5 Å². The number of hydrogen-bond acceptors (Lipinski definition) is 2. The Bertz CT molecular complexity index is 627. The third-order valence-corrected chi connectivity index (χ3v) is 6.90. The fraction of sp³-hybridized carbons (Fsp3) is 0.625. The molecule has 0 bridgehead atoms. The first-order chi connectivity index (χ1) is 9.77. The van der Waals surface area contributed by atoms with Crippen molar-refractivity contribution in [3.05, 3.63) is 28.8 Å². The van der Waals surface area contributed by atoms with Gasteiger partial charge in [-0.1, -0.05) is 13.0 Å². The molecule has 0 radical (unpaired) electrons. The van der Waals surface area contributed by atoms with E-state index in [1.165, 1.54) is 0 Å².